The first-order valence-electron chi connectivity index (χ1n) is 5.55. The summed E-state index contributed by atoms with van der Waals surface area (Å²) in [6.07, 6.45) is 0.197. The molecule has 94 valence electrons. The van der Waals surface area contributed by atoms with Gasteiger partial charge in [0.1, 0.15) is 12.4 Å². The maximum absolute atomic E-state index is 11.2. The van der Waals surface area contributed by atoms with Crippen molar-refractivity contribution < 1.29 is 14.3 Å². The van der Waals surface area contributed by atoms with Crippen LogP contribution in [-0.2, 0) is 4.74 Å². The van der Waals surface area contributed by atoms with Crippen molar-refractivity contribution in [3.05, 3.63) is 28.8 Å². The van der Waals surface area contributed by atoms with Gasteiger partial charge in [-0.1, -0.05) is 11.6 Å². The first-order valence-corrected chi connectivity index (χ1v) is 5.93. The van der Waals surface area contributed by atoms with E-state index in [1.807, 2.05) is 13.8 Å². The molecule has 3 nitrogen and oxygen atoms in total. The minimum atomic E-state index is -0.0512. The van der Waals surface area contributed by atoms with E-state index in [4.69, 9.17) is 21.1 Å². The van der Waals surface area contributed by atoms with Crippen molar-refractivity contribution in [2.45, 2.75) is 26.9 Å². The predicted octanol–water partition coefficient (Wildman–Crippen LogP) is 3.35. The van der Waals surface area contributed by atoms with Crippen molar-refractivity contribution in [1.29, 1.82) is 0 Å². The molecular weight excluding hydrogens is 240 g/mol. The zero-order chi connectivity index (χ0) is 12.8. The Bertz CT molecular complexity index is 388. The summed E-state index contributed by atoms with van der Waals surface area (Å²) in [5.74, 6) is 0.594. The molecule has 17 heavy (non-hydrogen) atoms. The van der Waals surface area contributed by atoms with Gasteiger partial charge in [0.25, 0.3) is 0 Å². The zero-order valence-corrected chi connectivity index (χ0v) is 11.1. The Morgan fingerprint density at radius 2 is 2.06 bits per heavy atom. The van der Waals surface area contributed by atoms with E-state index < -0.39 is 0 Å². The number of hydrogen-bond acceptors (Lipinski definition) is 3. The van der Waals surface area contributed by atoms with Crippen LogP contribution in [0.5, 0.6) is 5.75 Å². The van der Waals surface area contributed by atoms with E-state index in [0.717, 1.165) is 0 Å². The van der Waals surface area contributed by atoms with Crippen LogP contribution in [-0.4, -0.2) is 25.1 Å². The molecule has 4 heteroatoms. The molecule has 0 amide bonds. The molecule has 0 aliphatic carbocycles. The molecule has 0 atom stereocenters. The fraction of sp³-hybridized carbons (Fsp3) is 0.462. The van der Waals surface area contributed by atoms with E-state index in [9.17, 15) is 4.79 Å². The molecule has 0 aromatic heterocycles. The van der Waals surface area contributed by atoms with Crippen LogP contribution in [0.3, 0.4) is 0 Å². The van der Waals surface area contributed by atoms with E-state index >= 15 is 0 Å². The quantitative estimate of drug-likeness (QED) is 0.578. The maximum Gasteiger partial charge on any atom is 0.161 e. The standard InChI is InChI=1S/C13H17ClO3/c1-9(2)16-6-7-17-11-4-5-12(10(3)15)13(14)8-11/h4-5,8-9H,6-7H2,1-3H3. The summed E-state index contributed by atoms with van der Waals surface area (Å²) in [5.41, 5.74) is 0.512. The molecule has 0 saturated carbocycles. The Labute approximate surface area is 107 Å². The largest absolute Gasteiger partial charge is 0.491 e. The number of ether oxygens (including phenoxy) is 2. The van der Waals surface area contributed by atoms with Crippen LogP contribution in [0, 0.1) is 0 Å². The molecule has 0 radical (unpaired) electrons. The topological polar surface area (TPSA) is 35.5 Å². The maximum atomic E-state index is 11.2. The summed E-state index contributed by atoms with van der Waals surface area (Å²) in [5, 5.41) is 0.416. The molecule has 1 aromatic rings. The molecule has 0 saturated heterocycles. The Hall–Kier alpha value is -1.06. The molecule has 0 fully saturated rings. The van der Waals surface area contributed by atoms with Crippen LogP contribution in [0.15, 0.2) is 18.2 Å². The van der Waals surface area contributed by atoms with Crippen LogP contribution in [0.1, 0.15) is 31.1 Å². The summed E-state index contributed by atoms with van der Waals surface area (Å²) in [6.45, 7) is 6.42. The van der Waals surface area contributed by atoms with Gasteiger partial charge >= 0.3 is 0 Å². The Kier molecular flexibility index (Phi) is 5.45. The lowest BCUT2D eigenvalue weighted by molar-refractivity contribution is 0.0552. The van der Waals surface area contributed by atoms with Gasteiger partial charge in [-0.3, -0.25) is 4.79 Å². The second-order valence-corrected chi connectivity index (χ2v) is 4.37. The third-order valence-electron chi connectivity index (χ3n) is 2.12. The first kappa shape index (κ1) is 14.0. The second kappa shape index (κ2) is 6.62. The highest BCUT2D eigenvalue weighted by Crippen LogP contribution is 2.22. The molecule has 0 aliphatic heterocycles. The van der Waals surface area contributed by atoms with E-state index in [0.29, 0.717) is 29.5 Å². The third-order valence-corrected chi connectivity index (χ3v) is 2.44. The Balaban J connectivity index is 2.50. The minimum absolute atomic E-state index is 0.0512. The number of carbonyl (C=O) groups is 1. The van der Waals surface area contributed by atoms with Crippen molar-refractivity contribution in [3.8, 4) is 5.75 Å². The van der Waals surface area contributed by atoms with Crippen molar-refractivity contribution in [3.63, 3.8) is 0 Å². The third kappa shape index (κ3) is 4.75. The second-order valence-electron chi connectivity index (χ2n) is 3.97. The molecule has 0 aliphatic rings. The molecule has 0 heterocycles. The van der Waals surface area contributed by atoms with Crippen LogP contribution in [0.4, 0.5) is 0 Å². The molecule has 1 rings (SSSR count). The highest BCUT2D eigenvalue weighted by Gasteiger charge is 2.06. The lowest BCUT2D eigenvalue weighted by Gasteiger charge is -2.10. The van der Waals surface area contributed by atoms with E-state index in [1.165, 1.54) is 6.92 Å². The van der Waals surface area contributed by atoms with Crippen molar-refractivity contribution in [2.24, 2.45) is 0 Å². The van der Waals surface area contributed by atoms with Gasteiger partial charge in [0, 0.05) is 5.56 Å². The lowest BCUT2D eigenvalue weighted by atomic mass is 10.1. The average Bonchev–Trinajstić information content (AvgIpc) is 2.23. The number of hydrogen-bond donors (Lipinski definition) is 0. The molecule has 0 bridgehead atoms. The summed E-state index contributed by atoms with van der Waals surface area (Å²) in [4.78, 5) is 11.2. The fourth-order valence-electron chi connectivity index (χ4n) is 1.31. The molecule has 1 aromatic carbocycles. The summed E-state index contributed by atoms with van der Waals surface area (Å²) in [7, 11) is 0. The van der Waals surface area contributed by atoms with Gasteiger partial charge in [-0.2, -0.15) is 0 Å². The van der Waals surface area contributed by atoms with Gasteiger partial charge in [-0.15, -0.1) is 0 Å². The van der Waals surface area contributed by atoms with Crippen molar-refractivity contribution in [1.82, 2.24) is 0 Å². The van der Waals surface area contributed by atoms with Crippen molar-refractivity contribution in [2.75, 3.05) is 13.2 Å². The highest BCUT2D eigenvalue weighted by molar-refractivity contribution is 6.34. The van der Waals surface area contributed by atoms with Crippen LogP contribution >= 0.6 is 11.6 Å². The number of carbonyl (C=O) groups excluding carboxylic acids is 1. The zero-order valence-electron chi connectivity index (χ0n) is 10.3. The molecule has 0 spiro atoms. The number of benzene rings is 1. The number of rotatable bonds is 6. The average molecular weight is 257 g/mol. The first-order chi connectivity index (χ1) is 8.00. The van der Waals surface area contributed by atoms with Gasteiger partial charge in [0.2, 0.25) is 0 Å². The van der Waals surface area contributed by atoms with Gasteiger partial charge in [-0.25, -0.2) is 0 Å². The van der Waals surface area contributed by atoms with Gasteiger partial charge < -0.3 is 9.47 Å². The minimum Gasteiger partial charge on any atom is -0.491 e. The molecule has 0 unspecified atom stereocenters. The SMILES string of the molecule is CC(=O)c1ccc(OCCOC(C)C)cc1Cl. The van der Waals surface area contributed by atoms with Gasteiger partial charge in [0.05, 0.1) is 17.7 Å². The molecule has 0 N–H and O–H groups in total. The van der Waals surface area contributed by atoms with Crippen molar-refractivity contribution >= 4 is 17.4 Å². The van der Waals surface area contributed by atoms with E-state index in [1.54, 1.807) is 18.2 Å². The molecular formula is C13H17ClO3. The summed E-state index contributed by atoms with van der Waals surface area (Å²) >= 11 is 5.96. The Morgan fingerprint density at radius 1 is 1.35 bits per heavy atom. The number of ketones is 1. The Morgan fingerprint density at radius 3 is 2.59 bits per heavy atom. The number of halogens is 1. The van der Waals surface area contributed by atoms with Crippen LogP contribution in [0.2, 0.25) is 5.02 Å². The summed E-state index contributed by atoms with van der Waals surface area (Å²) < 4.78 is 10.8. The van der Waals surface area contributed by atoms with E-state index in [2.05, 4.69) is 0 Å². The van der Waals surface area contributed by atoms with Crippen LogP contribution in [0.25, 0.3) is 0 Å². The van der Waals surface area contributed by atoms with Gasteiger partial charge in [-0.05, 0) is 39.0 Å². The van der Waals surface area contributed by atoms with Crippen LogP contribution < -0.4 is 4.74 Å². The summed E-state index contributed by atoms with van der Waals surface area (Å²) in [6, 6.07) is 5.05. The van der Waals surface area contributed by atoms with Gasteiger partial charge in [0.15, 0.2) is 5.78 Å². The monoisotopic (exact) mass is 256 g/mol. The van der Waals surface area contributed by atoms with E-state index in [-0.39, 0.29) is 11.9 Å². The number of Topliss-reactive ketones (excluding diaryl/α,β-unsaturated/α-hetero) is 1. The smallest absolute Gasteiger partial charge is 0.161 e. The highest BCUT2D eigenvalue weighted by atomic mass is 35.5. The predicted molar refractivity (Wildman–Crippen MR) is 68.0 cm³/mol. The normalized spacial score (nSPS) is 10.6. The fourth-order valence-corrected chi connectivity index (χ4v) is 1.62. The lowest BCUT2D eigenvalue weighted by Crippen LogP contribution is -2.11.